The summed E-state index contributed by atoms with van der Waals surface area (Å²) in [5.41, 5.74) is 3.30. The number of Topliss-reactive ketones (excluding diaryl/α,β-unsaturated/α-hetero) is 1. The number of rotatable bonds is 0. The zero-order valence-corrected chi connectivity index (χ0v) is 11.4. The molecule has 0 spiro atoms. The fraction of sp³-hybridized carbons (Fsp3) is 0.765. The number of hydrogen-bond donors (Lipinski definition) is 0. The molecular formula is C17H21NO. The van der Waals surface area contributed by atoms with Crippen LogP contribution in [-0.2, 0) is 4.79 Å². The van der Waals surface area contributed by atoms with Gasteiger partial charge < -0.3 is 0 Å². The molecule has 4 saturated carbocycles. The summed E-state index contributed by atoms with van der Waals surface area (Å²) in [4.78, 5) is 11.4. The van der Waals surface area contributed by atoms with Crippen molar-refractivity contribution in [3.63, 3.8) is 0 Å². The summed E-state index contributed by atoms with van der Waals surface area (Å²) in [7, 11) is 0. The van der Waals surface area contributed by atoms with Crippen LogP contribution >= 0.6 is 0 Å². The van der Waals surface area contributed by atoms with E-state index in [-0.39, 0.29) is 0 Å². The van der Waals surface area contributed by atoms with Gasteiger partial charge >= 0.3 is 0 Å². The maximum absolute atomic E-state index is 11.4. The Labute approximate surface area is 114 Å². The standard InChI is InChI=1S/C17H21NO/c18-9-13-5-12-8-16(13)17-7-11(6-15(12)17)10-1-3-14(19)4-2-10/h12-13,15-17H,1-8H2/t12-,13+,15+,16-,17+/m0/s1. The highest BCUT2D eigenvalue weighted by Crippen LogP contribution is 2.62. The average Bonchev–Trinajstić information content (AvgIpc) is 3.09. The fourth-order valence-corrected chi connectivity index (χ4v) is 5.50. The highest BCUT2D eigenvalue weighted by molar-refractivity contribution is 5.80. The molecule has 4 aliphatic rings. The van der Waals surface area contributed by atoms with Crippen LogP contribution in [0.2, 0.25) is 0 Å². The molecule has 19 heavy (non-hydrogen) atoms. The minimum absolute atomic E-state index is 0.350. The summed E-state index contributed by atoms with van der Waals surface area (Å²) in [5, 5.41) is 9.25. The van der Waals surface area contributed by atoms with Crippen LogP contribution in [0.5, 0.6) is 0 Å². The molecule has 0 radical (unpaired) electrons. The Morgan fingerprint density at radius 3 is 2.37 bits per heavy atom. The molecular weight excluding hydrogens is 234 g/mol. The van der Waals surface area contributed by atoms with Gasteiger partial charge in [0.25, 0.3) is 0 Å². The molecule has 4 aliphatic carbocycles. The van der Waals surface area contributed by atoms with Crippen molar-refractivity contribution in [1.82, 2.24) is 0 Å². The van der Waals surface area contributed by atoms with E-state index in [4.69, 9.17) is 0 Å². The minimum Gasteiger partial charge on any atom is -0.300 e. The number of allylic oxidation sites excluding steroid dienone is 2. The number of fused-ring (bicyclic) bond motifs is 5. The molecule has 0 heterocycles. The van der Waals surface area contributed by atoms with E-state index in [9.17, 15) is 10.1 Å². The third-order valence-corrected chi connectivity index (χ3v) is 6.40. The van der Waals surface area contributed by atoms with Gasteiger partial charge in [0.05, 0.1) is 6.07 Å². The smallest absolute Gasteiger partial charge is 0.133 e. The van der Waals surface area contributed by atoms with Crippen molar-refractivity contribution in [2.24, 2.45) is 29.6 Å². The Hall–Kier alpha value is -1.10. The first-order chi connectivity index (χ1) is 9.26. The highest BCUT2D eigenvalue weighted by atomic mass is 16.1. The van der Waals surface area contributed by atoms with E-state index >= 15 is 0 Å². The molecule has 2 heteroatoms. The molecule has 0 saturated heterocycles. The first kappa shape index (κ1) is 11.7. The Balaban J connectivity index is 1.54. The van der Waals surface area contributed by atoms with Crippen molar-refractivity contribution >= 4 is 5.78 Å². The van der Waals surface area contributed by atoms with Gasteiger partial charge in [-0.1, -0.05) is 11.1 Å². The lowest BCUT2D eigenvalue weighted by molar-refractivity contribution is -0.119. The van der Waals surface area contributed by atoms with Gasteiger partial charge in [-0.3, -0.25) is 4.79 Å². The molecule has 0 aromatic carbocycles. The van der Waals surface area contributed by atoms with E-state index in [2.05, 4.69) is 6.07 Å². The van der Waals surface area contributed by atoms with E-state index in [0.717, 1.165) is 43.4 Å². The molecule has 0 aromatic rings. The van der Waals surface area contributed by atoms with E-state index in [0.29, 0.717) is 17.6 Å². The van der Waals surface area contributed by atoms with Gasteiger partial charge in [-0.25, -0.2) is 0 Å². The Kier molecular flexibility index (Phi) is 2.59. The molecule has 0 aliphatic heterocycles. The zero-order chi connectivity index (χ0) is 13.0. The van der Waals surface area contributed by atoms with Crippen molar-refractivity contribution in [3.8, 4) is 6.07 Å². The summed E-state index contributed by atoms with van der Waals surface area (Å²) >= 11 is 0. The minimum atomic E-state index is 0.350. The first-order valence-corrected chi connectivity index (χ1v) is 7.87. The van der Waals surface area contributed by atoms with Crippen molar-refractivity contribution in [2.75, 3.05) is 0 Å². The van der Waals surface area contributed by atoms with Crippen LogP contribution in [0.15, 0.2) is 11.1 Å². The first-order valence-electron chi connectivity index (χ1n) is 7.87. The molecule has 2 bridgehead atoms. The lowest BCUT2D eigenvalue weighted by Gasteiger charge is -2.27. The second-order valence-electron chi connectivity index (χ2n) is 7.11. The number of nitriles is 1. The molecule has 0 aromatic heterocycles. The van der Waals surface area contributed by atoms with Crippen molar-refractivity contribution in [1.29, 1.82) is 5.26 Å². The van der Waals surface area contributed by atoms with Gasteiger partial charge in [-0.15, -0.1) is 0 Å². The van der Waals surface area contributed by atoms with E-state index in [1.165, 1.54) is 25.7 Å². The lowest BCUT2D eigenvalue weighted by atomic mass is 9.76. The van der Waals surface area contributed by atoms with Crippen LogP contribution in [0.1, 0.15) is 51.4 Å². The Morgan fingerprint density at radius 1 is 0.895 bits per heavy atom. The molecule has 100 valence electrons. The predicted molar refractivity (Wildman–Crippen MR) is 72.0 cm³/mol. The summed E-state index contributed by atoms with van der Waals surface area (Å²) in [5.74, 6) is 4.03. The third-order valence-electron chi connectivity index (χ3n) is 6.40. The van der Waals surface area contributed by atoms with Crippen LogP contribution in [0.3, 0.4) is 0 Å². The SMILES string of the molecule is N#C[C@H]1C[C@H]2C[C@@H]1[C@@H]1CC(=C3CCC(=O)CC3)C[C@H]21. The second-order valence-corrected chi connectivity index (χ2v) is 7.11. The molecule has 4 fully saturated rings. The normalized spacial score (nSPS) is 44.6. The summed E-state index contributed by atoms with van der Waals surface area (Å²) in [6, 6.07) is 2.55. The predicted octanol–water partition coefficient (Wildman–Crippen LogP) is 3.63. The molecule has 0 amide bonds. The molecule has 5 atom stereocenters. The Morgan fingerprint density at radius 2 is 1.63 bits per heavy atom. The Bertz CT molecular complexity index is 486. The second kappa shape index (κ2) is 4.20. The number of nitrogens with zero attached hydrogens (tertiary/aromatic N) is 1. The largest absolute Gasteiger partial charge is 0.300 e. The van der Waals surface area contributed by atoms with Crippen molar-refractivity contribution < 1.29 is 4.79 Å². The van der Waals surface area contributed by atoms with Crippen LogP contribution in [0.4, 0.5) is 0 Å². The lowest BCUT2D eigenvalue weighted by Crippen LogP contribution is -2.23. The topological polar surface area (TPSA) is 40.9 Å². The maximum Gasteiger partial charge on any atom is 0.133 e. The van der Waals surface area contributed by atoms with Crippen LogP contribution in [0.25, 0.3) is 0 Å². The molecule has 2 nitrogen and oxygen atoms in total. The quantitative estimate of drug-likeness (QED) is 0.620. The summed E-state index contributed by atoms with van der Waals surface area (Å²) in [6.07, 6.45) is 8.68. The number of hydrogen-bond acceptors (Lipinski definition) is 2. The van der Waals surface area contributed by atoms with Gasteiger partial charge in [0.1, 0.15) is 5.78 Å². The van der Waals surface area contributed by atoms with E-state index in [1.54, 1.807) is 11.1 Å². The van der Waals surface area contributed by atoms with Gasteiger partial charge in [0.15, 0.2) is 0 Å². The third kappa shape index (κ3) is 1.71. The monoisotopic (exact) mass is 255 g/mol. The average molecular weight is 255 g/mol. The van der Waals surface area contributed by atoms with Crippen molar-refractivity contribution in [2.45, 2.75) is 51.4 Å². The van der Waals surface area contributed by atoms with Crippen LogP contribution < -0.4 is 0 Å². The maximum atomic E-state index is 11.4. The molecule has 0 N–H and O–H groups in total. The molecule has 4 rings (SSSR count). The van der Waals surface area contributed by atoms with Gasteiger partial charge in [-0.2, -0.15) is 5.26 Å². The fourth-order valence-electron chi connectivity index (χ4n) is 5.50. The van der Waals surface area contributed by atoms with E-state index in [1.807, 2.05) is 0 Å². The van der Waals surface area contributed by atoms with E-state index < -0.39 is 0 Å². The van der Waals surface area contributed by atoms with Crippen molar-refractivity contribution in [3.05, 3.63) is 11.1 Å². The highest BCUT2D eigenvalue weighted by Gasteiger charge is 2.55. The molecule has 0 unspecified atom stereocenters. The van der Waals surface area contributed by atoms with Gasteiger partial charge in [-0.05, 0) is 62.2 Å². The summed E-state index contributed by atoms with van der Waals surface area (Å²) < 4.78 is 0. The number of carbonyl (C=O) groups excluding carboxylic acids is 1. The van der Waals surface area contributed by atoms with Gasteiger partial charge in [0, 0.05) is 18.8 Å². The number of carbonyl (C=O) groups is 1. The zero-order valence-electron chi connectivity index (χ0n) is 11.4. The summed E-state index contributed by atoms with van der Waals surface area (Å²) in [6.45, 7) is 0. The number of ketones is 1. The van der Waals surface area contributed by atoms with Crippen LogP contribution in [-0.4, -0.2) is 5.78 Å². The van der Waals surface area contributed by atoms with Gasteiger partial charge in [0.2, 0.25) is 0 Å². The van der Waals surface area contributed by atoms with Crippen LogP contribution in [0, 0.1) is 40.9 Å².